The van der Waals surface area contributed by atoms with Crippen molar-refractivity contribution in [1.82, 2.24) is 4.31 Å². The highest BCUT2D eigenvalue weighted by Crippen LogP contribution is 2.27. The summed E-state index contributed by atoms with van der Waals surface area (Å²) in [6.07, 6.45) is 0. The number of halogens is 3. The highest BCUT2D eigenvalue weighted by molar-refractivity contribution is 7.89. The van der Waals surface area contributed by atoms with Gasteiger partial charge in [-0.3, -0.25) is 4.79 Å². The second-order valence-electron chi connectivity index (χ2n) is 5.31. The van der Waals surface area contributed by atoms with E-state index in [1.54, 1.807) is 13.8 Å². The summed E-state index contributed by atoms with van der Waals surface area (Å²) in [4.78, 5) is 12.3. The highest BCUT2D eigenvalue weighted by atomic mass is 35.5. The molecule has 0 radical (unpaired) electrons. The van der Waals surface area contributed by atoms with Crippen molar-refractivity contribution in [3.8, 4) is 0 Å². The summed E-state index contributed by atoms with van der Waals surface area (Å²) in [6, 6.07) is 6.68. The second kappa shape index (κ2) is 8.11. The van der Waals surface area contributed by atoms with E-state index < -0.39 is 27.6 Å². The average molecular weight is 403 g/mol. The van der Waals surface area contributed by atoms with Crippen LogP contribution in [0.3, 0.4) is 0 Å². The fraction of sp³-hybridized carbons (Fsp3) is 0.235. The summed E-state index contributed by atoms with van der Waals surface area (Å²) in [6.45, 7) is 4.10. The second-order valence-corrected chi connectivity index (χ2v) is 7.66. The van der Waals surface area contributed by atoms with E-state index in [0.717, 1.165) is 6.07 Å². The number of hydrogen-bond acceptors (Lipinski definition) is 3. The molecule has 0 saturated carbocycles. The van der Waals surface area contributed by atoms with E-state index in [1.165, 1.54) is 28.6 Å². The van der Waals surface area contributed by atoms with Crippen molar-refractivity contribution in [1.29, 1.82) is 0 Å². The SMILES string of the molecule is CCN(CC)S(=O)(=O)c1ccc(C(=O)Nc2c(F)cc(F)cc2Cl)cc1. The maximum absolute atomic E-state index is 13.8. The number of benzene rings is 2. The standard InChI is InChI=1S/C17H17ClF2N2O3S/c1-3-22(4-2)26(24,25)13-7-5-11(6-8-13)17(23)21-16-14(18)9-12(19)10-15(16)20/h5-10H,3-4H2,1-2H3,(H,21,23). The van der Waals surface area contributed by atoms with Gasteiger partial charge in [0, 0.05) is 24.7 Å². The lowest BCUT2D eigenvalue weighted by Crippen LogP contribution is -2.30. The first kappa shape index (κ1) is 20.3. The Morgan fingerprint density at radius 2 is 1.69 bits per heavy atom. The maximum atomic E-state index is 13.8. The number of nitrogens with zero attached hydrogens (tertiary/aromatic N) is 1. The molecule has 0 heterocycles. The third-order valence-corrected chi connectivity index (χ3v) is 6.07. The van der Waals surface area contributed by atoms with Crippen molar-refractivity contribution >= 4 is 33.2 Å². The zero-order chi connectivity index (χ0) is 19.5. The number of rotatable bonds is 6. The molecule has 2 aromatic carbocycles. The van der Waals surface area contributed by atoms with Crippen molar-refractivity contribution in [2.45, 2.75) is 18.7 Å². The molecule has 0 aliphatic rings. The summed E-state index contributed by atoms with van der Waals surface area (Å²) in [7, 11) is -3.64. The van der Waals surface area contributed by atoms with Crippen LogP contribution in [0, 0.1) is 11.6 Å². The Morgan fingerprint density at radius 3 is 2.19 bits per heavy atom. The van der Waals surface area contributed by atoms with E-state index >= 15 is 0 Å². The normalized spacial score (nSPS) is 11.6. The fourth-order valence-electron chi connectivity index (χ4n) is 2.34. The minimum absolute atomic E-state index is 0.0451. The lowest BCUT2D eigenvalue weighted by Gasteiger charge is -2.18. The number of sulfonamides is 1. The number of carbonyl (C=O) groups excluding carboxylic acids is 1. The van der Waals surface area contributed by atoms with Gasteiger partial charge in [-0.2, -0.15) is 4.31 Å². The Balaban J connectivity index is 2.25. The molecule has 5 nitrogen and oxygen atoms in total. The molecule has 0 unspecified atom stereocenters. The minimum Gasteiger partial charge on any atom is -0.318 e. The van der Waals surface area contributed by atoms with Crippen molar-refractivity contribution in [2.75, 3.05) is 18.4 Å². The molecular formula is C17H17ClF2N2O3S. The highest BCUT2D eigenvalue weighted by Gasteiger charge is 2.22. The molecule has 0 spiro atoms. The summed E-state index contributed by atoms with van der Waals surface area (Å²) >= 11 is 5.74. The van der Waals surface area contributed by atoms with Crippen molar-refractivity contribution in [3.63, 3.8) is 0 Å². The molecule has 9 heteroatoms. The van der Waals surface area contributed by atoms with Gasteiger partial charge >= 0.3 is 0 Å². The smallest absolute Gasteiger partial charge is 0.255 e. The molecule has 2 rings (SSSR count). The van der Waals surface area contributed by atoms with Crippen LogP contribution in [0.15, 0.2) is 41.3 Å². The zero-order valence-corrected chi connectivity index (χ0v) is 15.7. The Hall–Kier alpha value is -2.03. The third-order valence-electron chi connectivity index (χ3n) is 3.71. The predicted octanol–water partition coefficient (Wildman–Crippen LogP) is 3.90. The maximum Gasteiger partial charge on any atom is 0.255 e. The van der Waals surface area contributed by atoms with Crippen molar-refractivity contribution in [2.24, 2.45) is 0 Å². The van der Waals surface area contributed by atoms with Crippen LogP contribution in [0.4, 0.5) is 14.5 Å². The Labute approximate surface area is 155 Å². The minimum atomic E-state index is -3.64. The van der Waals surface area contributed by atoms with Crippen molar-refractivity contribution in [3.05, 3.63) is 58.6 Å². The number of carbonyl (C=O) groups is 1. The number of hydrogen-bond donors (Lipinski definition) is 1. The van der Waals surface area contributed by atoms with Gasteiger partial charge in [0.15, 0.2) is 5.82 Å². The van der Waals surface area contributed by atoms with Gasteiger partial charge in [0.25, 0.3) is 5.91 Å². The first-order valence-electron chi connectivity index (χ1n) is 7.76. The summed E-state index contributed by atoms with van der Waals surface area (Å²) < 4.78 is 52.9. The van der Waals surface area contributed by atoms with Gasteiger partial charge in [0.2, 0.25) is 10.0 Å². The Morgan fingerprint density at radius 1 is 1.12 bits per heavy atom. The number of anilines is 1. The molecule has 0 saturated heterocycles. The molecule has 0 aliphatic heterocycles. The Bertz CT molecular complexity index is 891. The molecule has 1 amide bonds. The van der Waals surface area contributed by atoms with Crippen LogP contribution in [-0.4, -0.2) is 31.7 Å². The zero-order valence-electron chi connectivity index (χ0n) is 14.1. The summed E-state index contributed by atoms with van der Waals surface area (Å²) in [5, 5.41) is 1.97. The third kappa shape index (κ3) is 4.20. The van der Waals surface area contributed by atoms with Crippen molar-refractivity contribution < 1.29 is 22.0 Å². The van der Waals surface area contributed by atoms with Gasteiger partial charge in [-0.25, -0.2) is 17.2 Å². The van der Waals surface area contributed by atoms with Crippen LogP contribution < -0.4 is 5.32 Å². The van der Waals surface area contributed by atoms with Crippen LogP contribution in [-0.2, 0) is 10.0 Å². The van der Waals surface area contributed by atoms with Crippen LogP contribution in [0.2, 0.25) is 5.02 Å². The first-order valence-corrected chi connectivity index (χ1v) is 9.58. The van der Waals surface area contributed by atoms with E-state index in [4.69, 9.17) is 11.6 Å². The van der Waals surface area contributed by atoms with Gasteiger partial charge in [-0.1, -0.05) is 25.4 Å². The molecule has 140 valence electrons. The van der Waals surface area contributed by atoms with Crippen LogP contribution in [0.25, 0.3) is 0 Å². The summed E-state index contributed by atoms with van der Waals surface area (Å²) in [5.41, 5.74) is -0.249. The number of nitrogens with one attached hydrogen (secondary N) is 1. The van der Waals surface area contributed by atoms with E-state index in [2.05, 4.69) is 5.32 Å². The van der Waals surface area contributed by atoms with E-state index in [1.807, 2.05) is 0 Å². The molecule has 0 aromatic heterocycles. The van der Waals surface area contributed by atoms with E-state index in [0.29, 0.717) is 19.2 Å². The van der Waals surface area contributed by atoms with Gasteiger partial charge in [-0.15, -0.1) is 0 Å². The lowest BCUT2D eigenvalue weighted by atomic mass is 10.2. The van der Waals surface area contributed by atoms with E-state index in [-0.39, 0.29) is 21.2 Å². The summed E-state index contributed by atoms with van der Waals surface area (Å²) in [5.74, 6) is -2.58. The van der Waals surface area contributed by atoms with Gasteiger partial charge in [0.05, 0.1) is 15.6 Å². The monoisotopic (exact) mass is 402 g/mol. The topological polar surface area (TPSA) is 66.5 Å². The van der Waals surface area contributed by atoms with Crippen LogP contribution in [0.5, 0.6) is 0 Å². The van der Waals surface area contributed by atoms with Gasteiger partial charge in [-0.05, 0) is 30.3 Å². The average Bonchev–Trinajstić information content (AvgIpc) is 2.58. The largest absolute Gasteiger partial charge is 0.318 e. The van der Waals surface area contributed by atoms with Crippen LogP contribution >= 0.6 is 11.6 Å². The molecular weight excluding hydrogens is 386 g/mol. The predicted molar refractivity (Wildman–Crippen MR) is 95.9 cm³/mol. The number of amides is 1. The van der Waals surface area contributed by atoms with Crippen LogP contribution in [0.1, 0.15) is 24.2 Å². The molecule has 2 aromatic rings. The molecule has 1 N–H and O–H groups in total. The first-order chi connectivity index (χ1) is 12.2. The molecule has 26 heavy (non-hydrogen) atoms. The van der Waals surface area contributed by atoms with E-state index in [9.17, 15) is 22.0 Å². The molecule has 0 bridgehead atoms. The fourth-order valence-corrected chi connectivity index (χ4v) is 4.04. The molecule has 0 aliphatic carbocycles. The molecule has 0 atom stereocenters. The molecule has 0 fully saturated rings. The van der Waals surface area contributed by atoms with Gasteiger partial charge < -0.3 is 5.32 Å². The Kier molecular flexibility index (Phi) is 6.33. The van der Waals surface area contributed by atoms with Gasteiger partial charge in [0.1, 0.15) is 5.82 Å². The quantitative estimate of drug-likeness (QED) is 0.796. The lowest BCUT2D eigenvalue weighted by molar-refractivity contribution is 0.102.